The predicted octanol–water partition coefficient (Wildman–Crippen LogP) is 3.81. The maximum absolute atomic E-state index is 12.8. The number of amides is 1. The lowest BCUT2D eigenvalue weighted by Crippen LogP contribution is -2.34. The minimum atomic E-state index is -0.601. The van der Waals surface area contributed by atoms with E-state index in [1.807, 2.05) is 31.4 Å². The van der Waals surface area contributed by atoms with E-state index in [2.05, 4.69) is 10.4 Å². The second-order valence-electron chi connectivity index (χ2n) is 7.72. The van der Waals surface area contributed by atoms with E-state index in [0.717, 1.165) is 4.88 Å². The Labute approximate surface area is 167 Å². The van der Waals surface area contributed by atoms with Crippen molar-refractivity contribution in [2.45, 2.75) is 46.3 Å². The summed E-state index contributed by atoms with van der Waals surface area (Å²) in [5, 5.41) is 9.65. The van der Waals surface area contributed by atoms with Crippen LogP contribution in [0.5, 0.6) is 0 Å². The summed E-state index contributed by atoms with van der Waals surface area (Å²) in [7, 11) is 0. The van der Waals surface area contributed by atoms with E-state index in [-0.39, 0.29) is 18.5 Å². The fraction of sp³-hybridized carbons (Fsp3) is 0.400. The van der Waals surface area contributed by atoms with Crippen molar-refractivity contribution in [2.24, 2.45) is 0 Å². The van der Waals surface area contributed by atoms with Gasteiger partial charge in [0.15, 0.2) is 5.65 Å². The highest BCUT2D eigenvalue weighted by Gasteiger charge is 2.21. The number of nitrogens with one attached hydrogen (secondary N) is 1. The second-order valence-corrected chi connectivity index (χ2v) is 8.67. The molecule has 148 valence electrons. The SMILES string of the molecule is CC(C)n1ncc2c(C(=O)NCC(=O)OC(C)(C)C)cc(-c3cccs3)nc21. The van der Waals surface area contributed by atoms with Crippen LogP contribution in [0.25, 0.3) is 21.6 Å². The molecule has 1 amide bonds. The summed E-state index contributed by atoms with van der Waals surface area (Å²) in [6.45, 7) is 9.17. The molecule has 3 aromatic rings. The Morgan fingerprint density at radius 2 is 2.07 bits per heavy atom. The Kier molecular flexibility index (Phi) is 5.51. The van der Waals surface area contributed by atoms with Gasteiger partial charge in [-0.15, -0.1) is 11.3 Å². The van der Waals surface area contributed by atoms with Crippen molar-refractivity contribution in [1.29, 1.82) is 0 Å². The van der Waals surface area contributed by atoms with Crippen LogP contribution in [0, 0.1) is 0 Å². The molecule has 3 aromatic heterocycles. The molecule has 0 spiro atoms. The molecule has 8 heteroatoms. The number of pyridine rings is 1. The fourth-order valence-electron chi connectivity index (χ4n) is 2.76. The van der Waals surface area contributed by atoms with Crippen LogP contribution in [0.15, 0.2) is 29.8 Å². The van der Waals surface area contributed by atoms with Crippen LogP contribution in [-0.4, -0.2) is 38.8 Å². The second kappa shape index (κ2) is 7.71. The third kappa shape index (κ3) is 4.39. The Bertz CT molecular complexity index is 1000. The summed E-state index contributed by atoms with van der Waals surface area (Å²) in [4.78, 5) is 30.5. The van der Waals surface area contributed by atoms with E-state index in [1.54, 1.807) is 49.1 Å². The number of nitrogens with zero attached hydrogens (tertiary/aromatic N) is 3. The molecule has 0 aliphatic rings. The maximum atomic E-state index is 12.8. The monoisotopic (exact) mass is 400 g/mol. The zero-order valence-corrected chi connectivity index (χ0v) is 17.5. The van der Waals surface area contributed by atoms with Gasteiger partial charge >= 0.3 is 5.97 Å². The van der Waals surface area contributed by atoms with Gasteiger partial charge in [0.05, 0.1) is 27.7 Å². The van der Waals surface area contributed by atoms with Crippen LogP contribution in [0.4, 0.5) is 0 Å². The van der Waals surface area contributed by atoms with E-state index in [0.29, 0.717) is 22.3 Å². The predicted molar refractivity (Wildman–Crippen MR) is 109 cm³/mol. The molecule has 0 aromatic carbocycles. The Morgan fingerprint density at radius 1 is 1.32 bits per heavy atom. The van der Waals surface area contributed by atoms with Crippen molar-refractivity contribution < 1.29 is 14.3 Å². The van der Waals surface area contributed by atoms with Crippen LogP contribution in [0.2, 0.25) is 0 Å². The van der Waals surface area contributed by atoms with Gasteiger partial charge < -0.3 is 10.1 Å². The number of thiophene rings is 1. The first-order chi connectivity index (χ1) is 13.2. The van der Waals surface area contributed by atoms with Crippen molar-refractivity contribution >= 4 is 34.2 Å². The summed E-state index contributed by atoms with van der Waals surface area (Å²) >= 11 is 1.55. The highest BCUT2D eigenvalue weighted by atomic mass is 32.1. The van der Waals surface area contributed by atoms with Gasteiger partial charge in [-0.25, -0.2) is 9.67 Å². The number of hydrogen-bond donors (Lipinski definition) is 1. The van der Waals surface area contributed by atoms with Crippen LogP contribution in [0.3, 0.4) is 0 Å². The minimum Gasteiger partial charge on any atom is -0.459 e. The number of carbonyl (C=O) groups excluding carboxylic acids is 2. The quantitative estimate of drug-likeness (QED) is 0.658. The molecule has 7 nitrogen and oxygen atoms in total. The van der Waals surface area contributed by atoms with Crippen LogP contribution >= 0.6 is 11.3 Å². The average Bonchev–Trinajstić information content (AvgIpc) is 3.26. The molecule has 0 fully saturated rings. The molecule has 0 saturated carbocycles. The summed E-state index contributed by atoms with van der Waals surface area (Å²) in [6, 6.07) is 5.73. The molecular weight excluding hydrogens is 376 g/mol. The van der Waals surface area contributed by atoms with Crippen molar-refractivity contribution in [3.05, 3.63) is 35.3 Å². The third-order valence-corrected chi connectivity index (χ3v) is 4.78. The topological polar surface area (TPSA) is 86.1 Å². The Hall–Kier alpha value is -2.74. The third-order valence-electron chi connectivity index (χ3n) is 3.89. The molecule has 0 unspecified atom stereocenters. The zero-order valence-electron chi connectivity index (χ0n) is 16.6. The molecule has 3 heterocycles. The smallest absolute Gasteiger partial charge is 0.325 e. The van der Waals surface area contributed by atoms with E-state index in [9.17, 15) is 9.59 Å². The highest BCUT2D eigenvalue weighted by Crippen LogP contribution is 2.28. The average molecular weight is 401 g/mol. The summed E-state index contributed by atoms with van der Waals surface area (Å²) in [5.41, 5.74) is 1.18. The molecule has 3 rings (SSSR count). The Balaban J connectivity index is 1.95. The summed E-state index contributed by atoms with van der Waals surface area (Å²) in [6.07, 6.45) is 1.64. The number of hydrogen-bond acceptors (Lipinski definition) is 6. The molecule has 1 N–H and O–H groups in total. The molecule has 0 aliphatic carbocycles. The van der Waals surface area contributed by atoms with Gasteiger partial charge in [0.2, 0.25) is 0 Å². The van der Waals surface area contributed by atoms with Crippen molar-refractivity contribution in [1.82, 2.24) is 20.1 Å². The first-order valence-corrected chi connectivity index (χ1v) is 9.96. The number of esters is 1. The zero-order chi connectivity index (χ0) is 20.5. The molecule has 28 heavy (non-hydrogen) atoms. The van der Waals surface area contributed by atoms with Crippen LogP contribution in [-0.2, 0) is 9.53 Å². The number of carbonyl (C=O) groups is 2. The van der Waals surface area contributed by atoms with Gasteiger partial charge in [-0.05, 0) is 52.1 Å². The minimum absolute atomic E-state index is 0.0984. The number of aromatic nitrogens is 3. The summed E-state index contributed by atoms with van der Waals surface area (Å²) < 4.78 is 7.04. The lowest BCUT2D eigenvalue weighted by Gasteiger charge is -2.19. The van der Waals surface area contributed by atoms with Crippen molar-refractivity contribution in [3.63, 3.8) is 0 Å². The van der Waals surface area contributed by atoms with E-state index < -0.39 is 11.6 Å². The first kappa shape index (κ1) is 20.0. The lowest BCUT2D eigenvalue weighted by molar-refractivity contribution is -0.153. The normalized spacial score (nSPS) is 11.8. The fourth-order valence-corrected chi connectivity index (χ4v) is 3.45. The Morgan fingerprint density at radius 3 is 2.68 bits per heavy atom. The maximum Gasteiger partial charge on any atom is 0.325 e. The molecule has 0 saturated heterocycles. The van der Waals surface area contributed by atoms with Crippen molar-refractivity contribution in [2.75, 3.05) is 6.54 Å². The largest absolute Gasteiger partial charge is 0.459 e. The van der Waals surface area contributed by atoms with Crippen molar-refractivity contribution in [3.8, 4) is 10.6 Å². The van der Waals surface area contributed by atoms with Gasteiger partial charge in [0.25, 0.3) is 5.91 Å². The standard InChI is InChI=1S/C20H24N4O3S/c1-12(2)24-18-14(10-22-24)13(9-15(23-18)16-7-6-8-28-16)19(26)21-11-17(25)27-20(3,4)5/h6-10,12H,11H2,1-5H3,(H,21,26). The van der Waals surface area contributed by atoms with E-state index >= 15 is 0 Å². The van der Waals surface area contributed by atoms with Gasteiger partial charge in [-0.3, -0.25) is 9.59 Å². The van der Waals surface area contributed by atoms with Crippen LogP contribution in [0.1, 0.15) is 51.0 Å². The first-order valence-electron chi connectivity index (χ1n) is 9.08. The van der Waals surface area contributed by atoms with Gasteiger partial charge in [0, 0.05) is 6.04 Å². The molecule has 0 atom stereocenters. The van der Waals surface area contributed by atoms with Gasteiger partial charge in [-0.2, -0.15) is 5.10 Å². The van der Waals surface area contributed by atoms with Crippen LogP contribution < -0.4 is 5.32 Å². The summed E-state index contributed by atoms with van der Waals surface area (Å²) in [5.74, 6) is -0.845. The van der Waals surface area contributed by atoms with Gasteiger partial charge in [-0.1, -0.05) is 6.07 Å². The molecule has 0 radical (unpaired) electrons. The molecular formula is C20H24N4O3S. The van der Waals surface area contributed by atoms with Gasteiger partial charge in [0.1, 0.15) is 12.1 Å². The molecule has 0 aliphatic heterocycles. The highest BCUT2D eigenvalue weighted by molar-refractivity contribution is 7.13. The van der Waals surface area contributed by atoms with E-state index in [4.69, 9.17) is 9.72 Å². The van der Waals surface area contributed by atoms with E-state index in [1.165, 1.54) is 0 Å². The number of rotatable bonds is 5. The number of ether oxygens (including phenoxy) is 1. The molecule has 0 bridgehead atoms. The lowest BCUT2D eigenvalue weighted by atomic mass is 10.1. The number of fused-ring (bicyclic) bond motifs is 1.